The first-order valence-electron chi connectivity index (χ1n) is 49.1. The lowest BCUT2D eigenvalue weighted by molar-refractivity contribution is -0.145. The number of anilines is 2. The number of hydrogen-bond donors (Lipinski definition) is 26. The number of aromatic amines is 1. The lowest BCUT2D eigenvalue weighted by Gasteiger charge is -2.31. The van der Waals surface area contributed by atoms with E-state index >= 15 is 14.4 Å². The average molecular weight is 2090 g/mol. The summed E-state index contributed by atoms with van der Waals surface area (Å²) < 4.78 is 5.51. The number of likely N-dealkylation sites (tertiary alicyclic amines) is 2. The molecule has 15 amide bonds. The van der Waals surface area contributed by atoms with Crippen LogP contribution >= 0.6 is 11.8 Å². The van der Waals surface area contributed by atoms with Gasteiger partial charge < -0.3 is 148 Å². The second-order valence-corrected chi connectivity index (χ2v) is 38.1. The number of unbranched alkanes of at least 4 members (excludes halogenated alkanes) is 2. The number of carbonyl (C=O) groups is 18. The molecular formula is C95H142N28O24S. The van der Waals surface area contributed by atoms with E-state index in [4.69, 9.17) is 33.1 Å². The van der Waals surface area contributed by atoms with E-state index in [-0.39, 0.29) is 182 Å². The van der Waals surface area contributed by atoms with Crippen molar-refractivity contribution in [1.29, 1.82) is 5.41 Å². The third kappa shape index (κ3) is 39.3. The highest BCUT2D eigenvalue weighted by Crippen LogP contribution is 2.26. The fourth-order valence-corrected chi connectivity index (χ4v) is 17.1. The Morgan fingerprint density at radius 3 is 1.61 bits per heavy atom. The number of fused-ring (bicyclic) bond motifs is 1. The Labute approximate surface area is 859 Å². The first-order valence-corrected chi connectivity index (χ1v) is 50.5. The maximum absolute atomic E-state index is 15.2. The quantitative estimate of drug-likeness (QED) is 0.00791. The van der Waals surface area contributed by atoms with Gasteiger partial charge in [0.2, 0.25) is 94.5 Å². The number of carbonyl (C=O) groups excluding carboxylic acids is 15. The highest BCUT2D eigenvalue weighted by atomic mass is 32.2. The largest absolute Gasteiger partial charge is 0.492 e. The van der Waals surface area contributed by atoms with Crippen molar-refractivity contribution < 1.29 is 117 Å². The second-order valence-electron chi connectivity index (χ2n) is 37.2. The summed E-state index contributed by atoms with van der Waals surface area (Å²) in [7, 11) is 1.32. The van der Waals surface area contributed by atoms with E-state index in [1.165, 1.54) is 56.3 Å². The molecule has 2 aromatic carbocycles. The molecule has 2 aliphatic rings. The van der Waals surface area contributed by atoms with E-state index in [9.17, 15) is 97.5 Å². The summed E-state index contributed by atoms with van der Waals surface area (Å²) in [5.41, 5.74) is 24.9. The Morgan fingerprint density at radius 1 is 0.541 bits per heavy atom. The first-order chi connectivity index (χ1) is 70.4. The molecule has 7 rings (SSSR count). The summed E-state index contributed by atoms with van der Waals surface area (Å²) in [5.74, 6) is -20.3. The predicted octanol–water partition coefficient (Wildman–Crippen LogP) is -3.14. The van der Waals surface area contributed by atoms with Crippen LogP contribution in [0.3, 0.4) is 0 Å². The minimum absolute atomic E-state index is 0.00719. The van der Waals surface area contributed by atoms with Crippen molar-refractivity contribution in [2.24, 2.45) is 35.0 Å². The lowest BCUT2D eigenvalue weighted by atomic mass is 9.99. The summed E-state index contributed by atoms with van der Waals surface area (Å²) in [5, 5.41) is 97.9. The molecule has 53 heteroatoms. The van der Waals surface area contributed by atoms with Crippen LogP contribution < -0.4 is 103 Å². The number of guanidine groups is 1. The van der Waals surface area contributed by atoms with Gasteiger partial charge in [0, 0.05) is 87.7 Å². The number of thioether (sulfide) groups is 1. The Balaban J connectivity index is 1.00. The molecule has 52 nitrogen and oxygen atoms in total. The number of nitrogens with one attached hydrogen (secondary N) is 17. The number of aromatic nitrogens is 6. The molecule has 0 radical (unpaired) electrons. The van der Waals surface area contributed by atoms with E-state index in [0.717, 1.165) is 4.90 Å². The number of ether oxygens (including phenoxy) is 1. The summed E-state index contributed by atoms with van der Waals surface area (Å²) in [6, 6.07) is -6.58. The summed E-state index contributed by atoms with van der Waals surface area (Å²) in [6.45, 7) is 9.38. The topological polar surface area (TPSA) is 813 Å². The van der Waals surface area contributed by atoms with Crippen LogP contribution in [0.2, 0.25) is 0 Å². The number of aliphatic carboxylic acids is 3. The summed E-state index contributed by atoms with van der Waals surface area (Å²) >= 11 is 1.18. The van der Waals surface area contributed by atoms with Crippen LogP contribution in [0.25, 0.3) is 11.2 Å². The van der Waals surface area contributed by atoms with Gasteiger partial charge in [0.15, 0.2) is 17.1 Å². The Kier molecular flexibility index (Phi) is 49.7. The summed E-state index contributed by atoms with van der Waals surface area (Å²) in [6.07, 6.45) is 3.09. The van der Waals surface area contributed by atoms with E-state index in [2.05, 4.69) is 110 Å². The molecule has 0 unspecified atom stereocenters. The van der Waals surface area contributed by atoms with Gasteiger partial charge in [-0.2, -0.15) is 21.7 Å². The average Bonchev–Trinajstić information content (AvgIpc) is 1.06. The molecular weight excluding hydrogens is 1950 g/mol. The smallest absolute Gasteiger partial charge is 0.326 e. The van der Waals surface area contributed by atoms with Crippen LogP contribution in [0.15, 0.2) is 73.3 Å². The molecule has 0 bridgehead atoms. The van der Waals surface area contributed by atoms with Gasteiger partial charge in [0.1, 0.15) is 90.8 Å². The molecule has 2 aliphatic heterocycles. The molecule has 0 aliphatic carbocycles. The third-order valence-electron chi connectivity index (χ3n) is 24.2. The zero-order chi connectivity index (χ0) is 109. The number of aliphatic hydroxyl groups excluding tert-OH is 1. The number of carboxylic acid groups (broad SMARTS) is 3. The van der Waals surface area contributed by atoms with Crippen LogP contribution in [-0.2, 0) is 106 Å². The van der Waals surface area contributed by atoms with E-state index in [0.29, 0.717) is 41.9 Å². The standard InChI is InChI=1S/C95H142N28O24S/c1-50(2)39-62(112-83(135)63(41-53-19-10-9-11-20-53)113-80(132)60(30-33-73(126)127)110-79(131)58(21-12-14-34-96)109-86(138)68(48-148-8)107-71(125)31-32-72(147-7)118-78(130)54-26-28-55(29-27-54)103-45-57-46-104-77-76(106-57)90(142)121-95(100)120-77)82(134)116-66(42-56-44-101-49-105-56)92(144)123-38-18-25-70(123)88(140)117-67(47-124)85(137)108-59(22-13-15-35-97)81(133)119-75(52(5)6)89(141)114-64(43-74(128)129)84(136)115-65(40-51(3)4)91(143)122-37-17-24-69(122)87(139)111-61(93(145)146)23-16-36-102-94(98)99/h9-11,19-20,26-29,44,46,49-52,58-70,72,75,103,124H,12-18,21-25,30-43,45,47-48,96-97H2,1-8H3,(H,101,105)(H,107,125)(H,108,137)(H,109,138)(H,110,131)(H,111,139)(H,112,135)(H,113,132)(H,114,141)(H,115,136)(H,116,134)(H,117,140)(H,118,130)(H,119,133)(H,126,127)(H,128,129)(H,145,146)(H4,98,99,102)(H3,100,104,120,121,142)/t58-,59-,60-,61-,62-,63-,64-,65-,66-,67-,68-,69-,70-,72+,75-/m0/s1. The zero-order valence-corrected chi connectivity index (χ0v) is 85.0. The summed E-state index contributed by atoms with van der Waals surface area (Å²) in [4.78, 5) is 279. The maximum Gasteiger partial charge on any atom is 0.326 e. The minimum atomic E-state index is -1.90. The fourth-order valence-electron chi connectivity index (χ4n) is 16.5. The Hall–Kier alpha value is -14.6. The normalized spacial score (nSPS) is 16.0. The van der Waals surface area contributed by atoms with Gasteiger partial charge in [-0.15, -0.1) is 0 Å². The molecule has 30 N–H and O–H groups in total. The molecule has 148 heavy (non-hydrogen) atoms. The lowest BCUT2D eigenvalue weighted by Crippen LogP contribution is -2.62. The number of benzene rings is 2. The SMILES string of the molecule is CO[C@H](CCC(=O)N[C@@H](CSC)C(=O)N[C@@H](CCCCN)C(=O)N[C@@H](CCC(=O)O)C(=O)N[C@@H](Cc1ccccc1)C(=O)N[C@@H](CC(C)C)C(=O)N[C@@H](Cc1cnc[nH]1)C(=O)N1CCC[C@H]1C(=O)N[C@@H](CO)C(=O)N[C@@H](CCCCN)C(=O)N[C@H](C(=O)N[C@@H](CC(=O)O)C(=O)N[C@@H](CC(C)C)C(=O)N1CCC[C@H]1C(=O)N[C@@H](CCCNC(=N)N)C(=O)O)C(C)C)NC(=O)c1ccc(NCc2cnc3nc(N)nc(O)c3n2)cc1. The van der Waals surface area contributed by atoms with Gasteiger partial charge in [0.25, 0.3) is 5.91 Å². The van der Waals surface area contributed by atoms with Crippen LogP contribution in [0.1, 0.15) is 191 Å². The number of nitrogen functional groups attached to an aromatic ring is 1. The van der Waals surface area contributed by atoms with E-state index in [1.807, 2.05) is 0 Å². The highest BCUT2D eigenvalue weighted by Gasteiger charge is 2.45. The van der Waals surface area contributed by atoms with Gasteiger partial charge in [-0.3, -0.25) is 86.9 Å². The number of carboxylic acids is 3. The maximum atomic E-state index is 15.2. The molecule has 3 aromatic heterocycles. The van der Waals surface area contributed by atoms with Gasteiger partial charge in [-0.25, -0.2) is 19.7 Å². The third-order valence-corrected chi connectivity index (χ3v) is 24.9. The van der Waals surface area contributed by atoms with E-state index < -0.39 is 235 Å². The van der Waals surface area contributed by atoms with Crippen molar-refractivity contribution in [3.8, 4) is 5.88 Å². The number of imidazole rings is 1. The number of H-pyrrole nitrogens is 1. The number of aromatic hydroxyl groups is 1. The van der Waals surface area contributed by atoms with Crippen molar-refractivity contribution in [2.45, 2.75) is 274 Å². The number of nitrogens with two attached hydrogens (primary N) is 4. The molecule has 2 fully saturated rings. The van der Waals surface area contributed by atoms with Gasteiger partial charge in [-0.1, -0.05) is 71.9 Å². The highest BCUT2D eigenvalue weighted by molar-refractivity contribution is 7.98. The number of nitrogens with zero attached hydrogens (tertiary/aromatic N) is 7. The first kappa shape index (κ1) is 120. The van der Waals surface area contributed by atoms with Crippen molar-refractivity contribution in [3.05, 3.63) is 95.8 Å². The molecule has 0 saturated carbocycles. The van der Waals surface area contributed by atoms with Crippen molar-refractivity contribution in [3.63, 3.8) is 0 Å². The van der Waals surface area contributed by atoms with Gasteiger partial charge >= 0.3 is 17.9 Å². The van der Waals surface area contributed by atoms with Crippen molar-refractivity contribution in [1.82, 2.24) is 114 Å². The molecule has 5 heterocycles. The predicted molar refractivity (Wildman–Crippen MR) is 538 cm³/mol. The van der Waals surface area contributed by atoms with Gasteiger partial charge in [-0.05, 0) is 163 Å². The number of amides is 15. The van der Waals surface area contributed by atoms with E-state index in [1.54, 1.807) is 88.5 Å². The monoisotopic (exact) mass is 2090 g/mol. The van der Waals surface area contributed by atoms with Crippen LogP contribution in [0.4, 0.5) is 11.6 Å². The molecule has 2 saturated heterocycles. The Bertz CT molecular complexity index is 5340. The number of aliphatic hydroxyl groups is 1. The second kappa shape index (κ2) is 61.1. The van der Waals surface area contributed by atoms with Gasteiger partial charge in [0.05, 0.1) is 37.8 Å². The number of rotatable bonds is 64. The number of hydrogen-bond acceptors (Lipinski definition) is 32. The van der Waals surface area contributed by atoms with Crippen LogP contribution in [-0.4, -0.2) is 327 Å². The molecule has 812 valence electrons. The minimum Gasteiger partial charge on any atom is -0.492 e. The van der Waals surface area contributed by atoms with Crippen LogP contribution in [0, 0.1) is 23.2 Å². The van der Waals surface area contributed by atoms with Crippen LogP contribution in [0.5, 0.6) is 5.88 Å². The number of methoxy groups -OCH3 is 1. The molecule has 15 atom stereocenters. The van der Waals surface area contributed by atoms with Crippen molar-refractivity contribution in [2.75, 3.05) is 69.5 Å². The fraction of sp³-hybridized carbons (Fsp3) is 0.579. The van der Waals surface area contributed by atoms with Crippen molar-refractivity contribution >= 4 is 147 Å². The molecule has 5 aromatic rings. The Morgan fingerprint density at radius 2 is 1.06 bits per heavy atom. The zero-order valence-electron chi connectivity index (χ0n) is 84.2. The molecule has 0 spiro atoms.